The van der Waals surface area contributed by atoms with Gasteiger partial charge in [-0.25, -0.2) is 9.97 Å². The molecule has 0 aliphatic rings. The van der Waals surface area contributed by atoms with Crippen molar-refractivity contribution >= 4 is 23.2 Å². The first-order valence-electron chi connectivity index (χ1n) is 8.40. The number of amides is 1. The van der Waals surface area contributed by atoms with Gasteiger partial charge in [-0.3, -0.25) is 4.79 Å². The van der Waals surface area contributed by atoms with Gasteiger partial charge in [-0.15, -0.1) is 0 Å². The van der Waals surface area contributed by atoms with Gasteiger partial charge in [0.25, 0.3) is 0 Å². The number of aromatic hydroxyl groups is 1. The molecule has 27 heavy (non-hydrogen) atoms. The molecule has 2 N–H and O–H groups in total. The van der Waals surface area contributed by atoms with Gasteiger partial charge in [0.15, 0.2) is 5.82 Å². The number of hydrogen-bond donors (Lipinski definition) is 2. The summed E-state index contributed by atoms with van der Waals surface area (Å²) in [4.78, 5) is 20.4. The first-order chi connectivity index (χ1) is 13.1. The molecule has 0 aliphatic heterocycles. The average Bonchev–Trinajstić information content (AvgIpc) is 2.67. The summed E-state index contributed by atoms with van der Waals surface area (Å²) >= 11 is 5.81. The van der Waals surface area contributed by atoms with E-state index in [0.29, 0.717) is 41.5 Å². The second-order valence-electron chi connectivity index (χ2n) is 5.80. The van der Waals surface area contributed by atoms with Crippen LogP contribution in [0.3, 0.4) is 0 Å². The molecular formula is C20H18ClN3O3. The standard InChI is InChI=1S/C20H18ClN3O3/c21-15-6-8-18(9-7-15)27-10-2-5-19(26)24-16-12-22-20(23-13-16)14-3-1-4-17(25)11-14/h1,3-4,6-9,11-13,25H,2,5,10H2,(H,24,26). The van der Waals surface area contributed by atoms with Crippen LogP contribution in [0.25, 0.3) is 11.4 Å². The van der Waals surface area contributed by atoms with Crippen LogP contribution in [-0.4, -0.2) is 27.6 Å². The minimum Gasteiger partial charge on any atom is -0.508 e. The molecule has 1 aromatic heterocycles. The topological polar surface area (TPSA) is 84.3 Å². The molecule has 6 nitrogen and oxygen atoms in total. The molecule has 0 spiro atoms. The van der Waals surface area contributed by atoms with E-state index < -0.39 is 0 Å². The Hall–Kier alpha value is -3.12. The lowest BCUT2D eigenvalue weighted by atomic mass is 10.2. The van der Waals surface area contributed by atoms with E-state index in [9.17, 15) is 9.90 Å². The molecular weight excluding hydrogens is 366 g/mol. The van der Waals surface area contributed by atoms with Gasteiger partial charge in [-0.1, -0.05) is 23.7 Å². The molecule has 0 radical (unpaired) electrons. The fourth-order valence-electron chi connectivity index (χ4n) is 2.36. The number of hydrogen-bond acceptors (Lipinski definition) is 5. The largest absolute Gasteiger partial charge is 0.508 e. The number of carbonyl (C=O) groups excluding carboxylic acids is 1. The molecule has 2 aromatic carbocycles. The van der Waals surface area contributed by atoms with Crippen molar-refractivity contribution in [2.24, 2.45) is 0 Å². The summed E-state index contributed by atoms with van der Waals surface area (Å²) in [5.74, 6) is 1.20. The van der Waals surface area contributed by atoms with E-state index in [1.165, 1.54) is 12.4 Å². The van der Waals surface area contributed by atoms with Crippen molar-refractivity contribution in [3.63, 3.8) is 0 Å². The van der Waals surface area contributed by atoms with E-state index in [1.54, 1.807) is 48.5 Å². The van der Waals surface area contributed by atoms with Crippen LogP contribution >= 0.6 is 11.6 Å². The van der Waals surface area contributed by atoms with E-state index in [0.717, 1.165) is 5.75 Å². The number of anilines is 1. The lowest BCUT2D eigenvalue weighted by Crippen LogP contribution is -2.13. The Morgan fingerprint density at radius 2 is 1.85 bits per heavy atom. The van der Waals surface area contributed by atoms with Crippen molar-refractivity contribution in [2.45, 2.75) is 12.8 Å². The van der Waals surface area contributed by atoms with Crippen molar-refractivity contribution < 1.29 is 14.6 Å². The van der Waals surface area contributed by atoms with Crippen molar-refractivity contribution in [1.82, 2.24) is 9.97 Å². The third kappa shape index (κ3) is 5.69. The molecule has 0 atom stereocenters. The molecule has 0 bridgehead atoms. The maximum absolute atomic E-state index is 12.0. The highest BCUT2D eigenvalue weighted by atomic mass is 35.5. The molecule has 0 aliphatic carbocycles. The molecule has 3 rings (SSSR count). The Balaban J connectivity index is 1.44. The van der Waals surface area contributed by atoms with Crippen molar-refractivity contribution in [3.8, 4) is 22.9 Å². The zero-order valence-corrected chi connectivity index (χ0v) is 15.2. The Morgan fingerprint density at radius 3 is 2.56 bits per heavy atom. The summed E-state index contributed by atoms with van der Waals surface area (Å²) in [6.07, 6.45) is 3.97. The van der Waals surface area contributed by atoms with Crippen molar-refractivity contribution in [2.75, 3.05) is 11.9 Å². The highest BCUT2D eigenvalue weighted by molar-refractivity contribution is 6.30. The van der Waals surface area contributed by atoms with E-state index >= 15 is 0 Å². The minimum atomic E-state index is -0.136. The smallest absolute Gasteiger partial charge is 0.224 e. The van der Waals surface area contributed by atoms with Gasteiger partial charge in [0.05, 0.1) is 24.7 Å². The van der Waals surface area contributed by atoms with Crippen LogP contribution in [0.15, 0.2) is 60.9 Å². The zero-order chi connectivity index (χ0) is 19.1. The summed E-state index contributed by atoms with van der Waals surface area (Å²) in [7, 11) is 0. The second kappa shape index (κ2) is 9.00. The third-order valence-corrected chi connectivity index (χ3v) is 3.92. The number of ether oxygens (including phenoxy) is 1. The summed E-state index contributed by atoms with van der Waals surface area (Å²) in [6, 6.07) is 13.8. The highest BCUT2D eigenvalue weighted by Gasteiger charge is 2.06. The number of rotatable bonds is 7. The first kappa shape index (κ1) is 18.7. The van der Waals surface area contributed by atoms with Gasteiger partial charge in [0.2, 0.25) is 5.91 Å². The number of nitrogens with zero attached hydrogens (tertiary/aromatic N) is 2. The zero-order valence-electron chi connectivity index (χ0n) is 14.4. The molecule has 0 saturated carbocycles. The maximum atomic E-state index is 12.0. The SMILES string of the molecule is O=C(CCCOc1ccc(Cl)cc1)Nc1cnc(-c2cccc(O)c2)nc1. The maximum Gasteiger partial charge on any atom is 0.224 e. The van der Waals surface area contributed by atoms with Crippen LogP contribution in [0.5, 0.6) is 11.5 Å². The number of phenols is 1. The fraction of sp³-hybridized carbons (Fsp3) is 0.150. The number of benzene rings is 2. The van der Waals surface area contributed by atoms with E-state index in [4.69, 9.17) is 16.3 Å². The first-order valence-corrected chi connectivity index (χ1v) is 8.77. The lowest BCUT2D eigenvalue weighted by Gasteiger charge is -2.07. The molecule has 0 unspecified atom stereocenters. The van der Waals surface area contributed by atoms with Crippen LogP contribution in [0.2, 0.25) is 5.02 Å². The molecule has 1 amide bonds. The van der Waals surface area contributed by atoms with Crippen LogP contribution in [0, 0.1) is 0 Å². The Kier molecular flexibility index (Phi) is 6.22. The van der Waals surface area contributed by atoms with Gasteiger partial charge in [0.1, 0.15) is 11.5 Å². The normalized spacial score (nSPS) is 10.4. The Morgan fingerprint density at radius 1 is 1.11 bits per heavy atom. The summed E-state index contributed by atoms with van der Waals surface area (Å²) in [6.45, 7) is 0.433. The number of phenolic OH excluding ortho intramolecular Hbond substituents is 1. The number of aromatic nitrogens is 2. The number of nitrogens with one attached hydrogen (secondary N) is 1. The lowest BCUT2D eigenvalue weighted by molar-refractivity contribution is -0.116. The fourth-order valence-corrected chi connectivity index (χ4v) is 2.49. The second-order valence-corrected chi connectivity index (χ2v) is 6.24. The van der Waals surface area contributed by atoms with Crippen LogP contribution < -0.4 is 10.1 Å². The predicted molar refractivity (Wildman–Crippen MR) is 104 cm³/mol. The molecule has 0 fully saturated rings. The van der Waals surface area contributed by atoms with E-state index in [-0.39, 0.29) is 11.7 Å². The van der Waals surface area contributed by atoms with E-state index in [1.807, 2.05) is 0 Å². The van der Waals surface area contributed by atoms with Crippen LogP contribution in [0.1, 0.15) is 12.8 Å². The van der Waals surface area contributed by atoms with E-state index in [2.05, 4.69) is 15.3 Å². The van der Waals surface area contributed by atoms with Gasteiger partial charge >= 0.3 is 0 Å². The molecule has 0 saturated heterocycles. The molecule has 7 heteroatoms. The van der Waals surface area contributed by atoms with Gasteiger partial charge in [0, 0.05) is 17.0 Å². The summed E-state index contributed by atoms with van der Waals surface area (Å²) in [5, 5.41) is 12.9. The summed E-state index contributed by atoms with van der Waals surface area (Å²) in [5.41, 5.74) is 1.22. The molecule has 1 heterocycles. The Labute approximate surface area is 161 Å². The quantitative estimate of drug-likeness (QED) is 0.594. The predicted octanol–water partition coefficient (Wildman–Crippen LogP) is 4.30. The molecule has 138 valence electrons. The van der Waals surface area contributed by atoms with Crippen molar-refractivity contribution in [1.29, 1.82) is 0 Å². The summed E-state index contributed by atoms with van der Waals surface area (Å²) < 4.78 is 5.55. The highest BCUT2D eigenvalue weighted by Crippen LogP contribution is 2.20. The monoisotopic (exact) mass is 383 g/mol. The third-order valence-electron chi connectivity index (χ3n) is 3.67. The van der Waals surface area contributed by atoms with Gasteiger partial charge < -0.3 is 15.2 Å². The average molecular weight is 384 g/mol. The Bertz CT molecular complexity index is 899. The van der Waals surface area contributed by atoms with Gasteiger partial charge in [-0.05, 0) is 42.8 Å². The van der Waals surface area contributed by atoms with Crippen LogP contribution in [0.4, 0.5) is 5.69 Å². The minimum absolute atomic E-state index is 0.136. The number of carbonyl (C=O) groups is 1. The molecule has 3 aromatic rings. The van der Waals surface area contributed by atoms with Crippen molar-refractivity contribution in [3.05, 3.63) is 65.9 Å². The van der Waals surface area contributed by atoms with Gasteiger partial charge in [-0.2, -0.15) is 0 Å². The number of halogens is 1. The van der Waals surface area contributed by atoms with Crippen LogP contribution in [-0.2, 0) is 4.79 Å².